The van der Waals surface area contributed by atoms with Gasteiger partial charge >= 0.3 is 0 Å². The number of hydrogen-bond acceptors (Lipinski definition) is 5. The standard InChI is InChI=1S/C20H22BrN3OS2/c1-23(2)11-6-12-24(19(25)15-7-4-5-8-17(15)26-3)20-22-16-10-9-14(21)13-18(16)27-20/h4-5,7-10,13H,6,11-12H2,1-3H3. The zero-order chi connectivity index (χ0) is 19.4. The van der Waals surface area contributed by atoms with Crippen LogP contribution in [-0.4, -0.2) is 49.2 Å². The lowest BCUT2D eigenvalue weighted by Gasteiger charge is -2.22. The van der Waals surface area contributed by atoms with Crippen LogP contribution in [0.15, 0.2) is 51.8 Å². The van der Waals surface area contributed by atoms with Crippen LogP contribution in [0.25, 0.3) is 10.2 Å². The number of thioether (sulfide) groups is 1. The van der Waals surface area contributed by atoms with Crippen molar-refractivity contribution in [1.82, 2.24) is 9.88 Å². The van der Waals surface area contributed by atoms with Gasteiger partial charge in [-0.1, -0.05) is 39.4 Å². The number of halogens is 1. The van der Waals surface area contributed by atoms with E-state index >= 15 is 0 Å². The molecule has 0 unspecified atom stereocenters. The minimum Gasteiger partial charge on any atom is -0.309 e. The van der Waals surface area contributed by atoms with Crippen LogP contribution >= 0.6 is 39.0 Å². The molecule has 3 rings (SSSR count). The highest BCUT2D eigenvalue weighted by molar-refractivity contribution is 9.10. The summed E-state index contributed by atoms with van der Waals surface area (Å²) in [4.78, 5) is 23.1. The van der Waals surface area contributed by atoms with Crippen molar-refractivity contribution in [1.29, 1.82) is 0 Å². The molecule has 1 aromatic heterocycles. The highest BCUT2D eigenvalue weighted by Crippen LogP contribution is 2.32. The Hall–Kier alpha value is -1.41. The van der Waals surface area contributed by atoms with Crippen LogP contribution in [0.3, 0.4) is 0 Å². The van der Waals surface area contributed by atoms with Gasteiger partial charge in [-0.25, -0.2) is 4.98 Å². The van der Waals surface area contributed by atoms with Crippen molar-refractivity contribution >= 4 is 60.3 Å². The molecule has 7 heteroatoms. The van der Waals surface area contributed by atoms with E-state index in [0.717, 1.165) is 43.2 Å². The summed E-state index contributed by atoms with van der Waals surface area (Å²) in [5, 5.41) is 0.753. The molecule has 0 N–H and O–H groups in total. The third kappa shape index (κ3) is 4.90. The van der Waals surface area contributed by atoms with Gasteiger partial charge in [-0.15, -0.1) is 11.8 Å². The molecule has 1 heterocycles. The average Bonchev–Trinajstić information content (AvgIpc) is 3.07. The van der Waals surface area contributed by atoms with Gasteiger partial charge in [0, 0.05) is 15.9 Å². The lowest BCUT2D eigenvalue weighted by Crippen LogP contribution is -2.33. The van der Waals surface area contributed by atoms with E-state index in [9.17, 15) is 4.79 Å². The number of fused-ring (bicyclic) bond motifs is 1. The lowest BCUT2D eigenvalue weighted by atomic mass is 10.2. The molecule has 2 aromatic carbocycles. The number of amides is 1. The Labute approximate surface area is 176 Å². The van der Waals surface area contributed by atoms with Crippen LogP contribution in [0.5, 0.6) is 0 Å². The van der Waals surface area contributed by atoms with E-state index in [0.29, 0.717) is 6.54 Å². The Morgan fingerprint density at radius 3 is 2.70 bits per heavy atom. The molecule has 4 nitrogen and oxygen atoms in total. The van der Waals surface area contributed by atoms with E-state index in [2.05, 4.69) is 26.9 Å². The molecule has 0 radical (unpaired) electrons. The number of carbonyl (C=O) groups excluding carboxylic acids is 1. The summed E-state index contributed by atoms with van der Waals surface area (Å²) in [5.74, 6) is 0.0110. The van der Waals surface area contributed by atoms with Crippen molar-refractivity contribution in [3.8, 4) is 0 Å². The number of hydrogen-bond donors (Lipinski definition) is 0. The Morgan fingerprint density at radius 2 is 1.96 bits per heavy atom. The summed E-state index contributed by atoms with van der Waals surface area (Å²) in [6.07, 6.45) is 2.89. The minimum absolute atomic E-state index is 0.0110. The third-order valence-corrected chi connectivity index (χ3v) is 6.47. The van der Waals surface area contributed by atoms with Gasteiger partial charge in [-0.2, -0.15) is 0 Å². The molecule has 27 heavy (non-hydrogen) atoms. The van der Waals surface area contributed by atoms with Gasteiger partial charge in [-0.3, -0.25) is 9.69 Å². The first-order valence-corrected chi connectivity index (χ1v) is 11.5. The fraction of sp³-hybridized carbons (Fsp3) is 0.300. The minimum atomic E-state index is 0.0110. The third-order valence-electron chi connectivity index (χ3n) is 4.14. The monoisotopic (exact) mass is 463 g/mol. The normalized spacial score (nSPS) is 11.3. The first-order valence-electron chi connectivity index (χ1n) is 8.65. The fourth-order valence-corrected chi connectivity index (χ4v) is 4.93. The first kappa shape index (κ1) is 20.3. The van der Waals surface area contributed by atoms with E-state index in [-0.39, 0.29) is 5.91 Å². The van der Waals surface area contributed by atoms with E-state index in [1.807, 2.05) is 61.6 Å². The molecule has 0 aliphatic rings. The van der Waals surface area contributed by atoms with Gasteiger partial charge in [0.25, 0.3) is 5.91 Å². The van der Waals surface area contributed by atoms with Gasteiger partial charge < -0.3 is 4.90 Å². The topological polar surface area (TPSA) is 36.4 Å². The van der Waals surface area contributed by atoms with Crippen molar-refractivity contribution in [3.63, 3.8) is 0 Å². The summed E-state index contributed by atoms with van der Waals surface area (Å²) in [6, 6.07) is 13.8. The van der Waals surface area contributed by atoms with E-state index < -0.39 is 0 Å². The molecule has 0 spiro atoms. The molecule has 142 valence electrons. The Balaban J connectivity index is 1.97. The van der Waals surface area contributed by atoms with Crippen molar-refractivity contribution in [2.75, 3.05) is 38.3 Å². The summed E-state index contributed by atoms with van der Waals surface area (Å²) in [7, 11) is 4.09. The van der Waals surface area contributed by atoms with Gasteiger partial charge in [0.15, 0.2) is 5.13 Å². The second-order valence-corrected chi connectivity index (χ2v) is 9.20. The predicted octanol–water partition coefficient (Wildman–Crippen LogP) is 5.38. The largest absolute Gasteiger partial charge is 0.309 e. The number of benzene rings is 2. The van der Waals surface area contributed by atoms with E-state index in [1.165, 1.54) is 0 Å². The molecular formula is C20H22BrN3OS2. The molecule has 0 fully saturated rings. The number of aromatic nitrogens is 1. The molecule has 0 aliphatic carbocycles. The zero-order valence-corrected chi connectivity index (χ0v) is 18.8. The van der Waals surface area contributed by atoms with Crippen LogP contribution in [0.2, 0.25) is 0 Å². The second-order valence-electron chi connectivity index (χ2n) is 6.42. The van der Waals surface area contributed by atoms with E-state index in [4.69, 9.17) is 4.98 Å². The Bertz CT molecular complexity index is 942. The zero-order valence-electron chi connectivity index (χ0n) is 15.6. The second kappa shape index (κ2) is 9.19. The number of thiazole rings is 1. The average molecular weight is 464 g/mol. The fourth-order valence-electron chi connectivity index (χ4n) is 2.80. The molecule has 0 bridgehead atoms. The summed E-state index contributed by atoms with van der Waals surface area (Å²) in [6.45, 7) is 1.56. The molecule has 0 saturated heterocycles. The smallest absolute Gasteiger partial charge is 0.261 e. The number of anilines is 1. The van der Waals surface area contributed by atoms with Crippen molar-refractivity contribution in [2.24, 2.45) is 0 Å². The summed E-state index contributed by atoms with van der Waals surface area (Å²) >= 11 is 6.66. The van der Waals surface area contributed by atoms with Gasteiger partial charge in [0.1, 0.15) is 0 Å². The van der Waals surface area contributed by atoms with Crippen LogP contribution in [0.1, 0.15) is 16.8 Å². The van der Waals surface area contributed by atoms with Crippen LogP contribution in [0, 0.1) is 0 Å². The van der Waals surface area contributed by atoms with Crippen molar-refractivity contribution < 1.29 is 4.79 Å². The summed E-state index contributed by atoms with van der Waals surface area (Å²) < 4.78 is 2.09. The highest BCUT2D eigenvalue weighted by Gasteiger charge is 2.23. The van der Waals surface area contributed by atoms with E-state index in [1.54, 1.807) is 23.1 Å². The lowest BCUT2D eigenvalue weighted by molar-refractivity contribution is 0.0983. The molecule has 0 saturated carbocycles. The van der Waals surface area contributed by atoms with Gasteiger partial charge in [-0.05, 0) is 63.6 Å². The quantitative estimate of drug-likeness (QED) is 0.440. The predicted molar refractivity (Wildman–Crippen MR) is 120 cm³/mol. The molecular weight excluding hydrogens is 442 g/mol. The molecule has 0 aliphatic heterocycles. The summed E-state index contributed by atoms with van der Waals surface area (Å²) in [5.41, 5.74) is 1.65. The van der Waals surface area contributed by atoms with Crippen molar-refractivity contribution in [3.05, 3.63) is 52.5 Å². The van der Waals surface area contributed by atoms with Crippen LogP contribution < -0.4 is 4.90 Å². The molecule has 0 atom stereocenters. The Morgan fingerprint density at radius 1 is 1.19 bits per heavy atom. The maximum atomic E-state index is 13.4. The highest BCUT2D eigenvalue weighted by atomic mass is 79.9. The molecule has 3 aromatic rings. The Kier molecular flexibility index (Phi) is 6.92. The van der Waals surface area contributed by atoms with Crippen LogP contribution in [-0.2, 0) is 0 Å². The maximum absolute atomic E-state index is 13.4. The SMILES string of the molecule is CSc1ccccc1C(=O)N(CCCN(C)C)c1nc2ccc(Br)cc2s1. The van der Waals surface area contributed by atoms with Crippen molar-refractivity contribution in [2.45, 2.75) is 11.3 Å². The van der Waals surface area contributed by atoms with Gasteiger partial charge in [0.05, 0.1) is 15.8 Å². The van der Waals surface area contributed by atoms with Gasteiger partial charge in [0.2, 0.25) is 0 Å². The maximum Gasteiger partial charge on any atom is 0.261 e. The number of rotatable bonds is 7. The first-order chi connectivity index (χ1) is 13.0. The number of carbonyl (C=O) groups is 1. The van der Waals surface area contributed by atoms with Crippen LogP contribution in [0.4, 0.5) is 5.13 Å². The molecule has 1 amide bonds. The number of nitrogens with zero attached hydrogens (tertiary/aromatic N) is 3.